The van der Waals surface area contributed by atoms with E-state index in [1.165, 1.54) is 0 Å². The molecule has 39 atom stereocenters. The highest BCUT2D eigenvalue weighted by molar-refractivity contribution is 5.73. The zero-order valence-electron chi connectivity index (χ0n) is 49.4. The predicted octanol–water partition coefficient (Wildman–Crippen LogP) is -17.5. The maximum Gasteiger partial charge on any atom is 0.217 e. The van der Waals surface area contributed by atoms with Crippen LogP contribution in [-0.4, -0.2) is 422 Å². The molecule has 0 unspecified atom stereocenters. The van der Waals surface area contributed by atoms with Crippen molar-refractivity contribution in [1.29, 1.82) is 0 Å². The van der Waals surface area contributed by atoms with Crippen LogP contribution in [0.25, 0.3) is 0 Å². The molecule has 0 bridgehead atoms. The van der Waals surface area contributed by atoms with E-state index in [-0.39, 0.29) is 0 Å². The first-order valence-corrected chi connectivity index (χ1v) is 29.5. The molecule has 8 aliphatic rings. The number of aliphatic hydroxyl groups excluding tert-OH is 23. The van der Waals surface area contributed by atoms with Crippen LogP contribution >= 0.6 is 0 Å². The van der Waals surface area contributed by atoms with Gasteiger partial charge in [-0.15, -0.1) is 0 Å². The summed E-state index contributed by atoms with van der Waals surface area (Å²) in [6.45, 7) is -5.98. The van der Waals surface area contributed by atoms with Crippen molar-refractivity contribution in [1.82, 2.24) is 10.6 Å². The van der Waals surface area contributed by atoms with Crippen LogP contribution in [-0.2, 0) is 80.6 Å². The standard InChI is InChI=1S/C51H86N2O40/c1-11(59)52-21-29(68)39(17(6-57)82-44(21)78)89-45-22(53-12(2)60)30(69)40(18(7-58)86-45)90-51-43(93-47-34(73)23(62)13(61)8-79-47)42(92-50-37(76)33(72)26(65)16(5-56)85-50)28(67)20(88-51)10-81-48-38(77)41(91-49-36(75)32(71)25(64)15(4-55)84-49)27(66)19(87-48)9-80-46-35(74)31(70)24(63)14(3-54)83-46/h13-51,54-58,61-78H,3-10H2,1-2H3,(H,52,59)(H,53,60)/t13-,14-,15-,16-,17-,18-,19-,20-,21-,22-,23+,24-,25-,26-,27-,28-,29-,30-,31+,32+,33+,34-,35+,36+,37+,38+,39-,40-,41+,42+,43+,44-,45+,46+,47+,48+,49-,50-,51+/m1/s1. The van der Waals surface area contributed by atoms with Gasteiger partial charge in [0.15, 0.2) is 50.3 Å². The monoisotopic (exact) mass is 1370 g/mol. The van der Waals surface area contributed by atoms with E-state index < -0.39 is 304 Å². The van der Waals surface area contributed by atoms with E-state index in [4.69, 9.17) is 71.1 Å². The van der Waals surface area contributed by atoms with E-state index in [1.807, 2.05) is 0 Å². The van der Waals surface area contributed by atoms with Gasteiger partial charge in [-0.3, -0.25) is 9.59 Å². The smallest absolute Gasteiger partial charge is 0.217 e. The molecule has 0 radical (unpaired) electrons. The van der Waals surface area contributed by atoms with Gasteiger partial charge in [-0.1, -0.05) is 0 Å². The molecule has 0 aromatic rings. The van der Waals surface area contributed by atoms with Crippen molar-refractivity contribution in [2.75, 3.05) is 52.9 Å². The number of amides is 2. The third-order valence-corrected chi connectivity index (χ3v) is 17.0. The molecule has 8 rings (SSSR count). The molecule has 42 nitrogen and oxygen atoms in total. The van der Waals surface area contributed by atoms with Gasteiger partial charge in [0.05, 0.1) is 52.9 Å². The lowest BCUT2D eigenvalue weighted by atomic mass is 9.93. The highest BCUT2D eigenvalue weighted by Gasteiger charge is 2.59. The first kappa shape index (κ1) is 76.2. The minimum Gasteiger partial charge on any atom is -0.394 e. The Morgan fingerprint density at radius 2 is 0.677 bits per heavy atom. The van der Waals surface area contributed by atoms with E-state index in [2.05, 4.69) is 10.6 Å². The average Bonchev–Trinajstić information content (AvgIpc) is 0.785. The number of carbonyl (C=O) groups is 2. The topological polar surface area (TPSA) is 662 Å². The second-order valence-corrected chi connectivity index (χ2v) is 23.5. The maximum atomic E-state index is 12.9. The van der Waals surface area contributed by atoms with Crippen LogP contribution in [0.3, 0.4) is 0 Å². The Hall–Kier alpha value is -2.58. The van der Waals surface area contributed by atoms with Gasteiger partial charge in [0, 0.05) is 13.8 Å². The first-order valence-electron chi connectivity index (χ1n) is 29.5. The summed E-state index contributed by atoms with van der Waals surface area (Å²) in [4.78, 5) is 25.0. The van der Waals surface area contributed by atoms with Gasteiger partial charge in [0.2, 0.25) is 11.8 Å². The zero-order valence-corrected chi connectivity index (χ0v) is 49.4. The third kappa shape index (κ3) is 16.7. The van der Waals surface area contributed by atoms with Gasteiger partial charge in [0.25, 0.3) is 0 Å². The van der Waals surface area contributed by atoms with Crippen LogP contribution in [0.5, 0.6) is 0 Å². The van der Waals surface area contributed by atoms with Crippen molar-refractivity contribution in [3.05, 3.63) is 0 Å². The highest BCUT2D eigenvalue weighted by atomic mass is 16.8. The Kier molecular flexibility index (Phi) is 27.1. The van der Waals surface area contributed by atoms with Crippen molar-refractivity contribution in [2.45, 2.75) is 253 Å². The Balaban J connectivity index is 1.15. The van der Waals surface area contributed by atoms with Gasteiger partial charge in [-0.2, -0.15) is 0 Å². The Morgan fingerprint density at radius 1 is 0.323 bits per heavy atom. The van der Waals surface area contributed by atoms with Crippen LogP contribution in [0.15, 0.2) is 0 Å². The van der Waals surface area contributed by atoms with Crippen LogP contribution in [0, 0.1) is 0 Å². The summed E-state index contributed by atoms with van der Waals surface area (Å²) in [6, 6.07) is -3.51. The lowest BCUT2D eigenvalue weighted by molar-refractivity contribution is -0.405. The Bertz CT molecular complexity index is 2330. The summed E-state index contributed by atoms with van der Waals surface area (Å²) in [5, 5.41) is 255. The first-order chi connectivity index (χ1) is 44.0. The van der Waals surface area contributed by atoms with Crippen molar-refractivity contribution >= 4 is 11.8 Å². The zero-order chi connectivity index (χ0) is 68.3. The molecule has 8 fully saturated rings. The third-order valence-electron chi connectivity index (χ3n) is 17.0. The number of hydrogen-bond acceptors (Lipinski definition) is 40. The molecule has 8 heterocycles. The number of nitrogens with one attached hydrogen (secondary N) is 2. The molecular weight excluding hydrogens is 1280 g/mol. The Labute approximate surface area is 525 Å². The molecule has 42 heteroatoms. The summed E-state index contributed by atoms with van der Waals surface area (Å²) in [5.41, 5.74) is 0. The SMILES string of the molecule is CC(=O)N[C@@H]1[C@@H](O)[C@H](O[C@@H]2O[C@H](CO)[C@@H](O[C@@H]3O[C@H](CO[C@H]4O[C@H](CO[C@H]5O[C@H](CO)[C@@H](O)[C@H](O)[C@@H]5O)[C@@H](O)[C@H](O[C@H]5O[C@H](CO)[C@@H](O)[C@H](O)[C@@H]5O)[C@@H]4O)[C@@H](O)[C@H](O[C@H]4O[C@H](CO)[C@@H](O)[C@H](O)[C@@H]4O)[C@@H]3O[C@@H]3OC[C@@H](O)[C@H](O)[C@H]3O)[C@H](O)[C@H]2NC(C)=O)[C@@H](CO)O[C@H]1O. The van der Waals surface area contributed by atoms with Gasteiger partial charge < -0.3 is 199 Å². The minimum absolute atomic E-state index is 0.767. The molecule has 2 amide bonds. The molecule has 8 saturated heterocycles. The largest absolute Gasteiger partial charge is 0.394 e. The number of hydrogen-bond donors (Lipinski definition) is 25. The molecule has 0 saturated carbocycles. The number of rotatable bonds is 23. The summed E-state index contributed by atoms with van der Waals surface area (Å²) in [5.74, 6) is -1.68. The fourth-order valence-corrected chi connectivity index (χ4v) is 11.8. The van der Waals surface area contributed by atoms with E-state index in [1.54, 1.807) is 0 Å². The lowest BCUT2D eigenvalue weighted by Gasteiger charge is -2.51. The van der Waals surface area contributed by atoms with Crippen LogP contribution in [0.1, 0.15) is 13.8 Å². The van der Waals surface area contributed by atoms with E-state index in [0.29, 0.717) is 0 Å². The minimum atomic E-state index is -2.38. The fraction of sp³-hybridized carbons (Fsp3) is 0.961. The second-order valence-electron chi connectivity index (χ2n) is 23.5. The molecule has 540 valence electrons. The summed E-state index contributed by atoms with van der Waals surface area (Å²) in [6.07, 6.45) is -75.5. The lowest BCUT2D eigenvalue weighted by Crippen LogP contribution is -2.71. The summed E-state index contributed by atoms with van der Waals surface area (Å²) in [7, 11) is 0. The number of ether oxygens (including phenoxy) is 15. The molecule has 0 aromatic carbocycles. The second kappa shape index (κ2) is 33.1. The fourth-order valence-electron chi connectivity index (χ4n) is 11.8. The van der Waals surface area contributed by atoms with E-state index >= 15 is 0 Å². The predicted molar refractivity (Wildman–Crippen MR) is 282 cm³/mol. The maximum absolute atomic E-state index is 12.9. The molecule has 0 spiro atoms. The van der Waals surface area contributed by atoms with Gasteiger partial charge >= 0.3 is 0 Å². The van der Waals surface area contributed by atoms with Gasteiger partial charge in [0.1, 0.15) is 189 Å². The molecular formula is C51H86N2O40. The quantitative estimate of drug-likeness (QED) is 0.0452. The van der Waals surface area contributed by atoms with Crippen molar-refractivity contribution in [3.8, 4) is 0 Å². The van der Waals surface area contributed by atoms with Crippen LogP contribution < -0.4 is 10.6 Å². The Morgan fingerprint density at radius 3 is 1.17 bits per heavy atom. The van der Waals surface area contributed by atoms with Crippen molar-refractivity contribution in [2.24, 2.45) is 0 Å². The van der Waals surface area contributed by atoms with Crippen molar-refractivity contribution in [3.63, 3.8) is 0 Å². The van der Waals surface area contributed by atoms with Crippen LogP contribution in [0.2, 0.25) is 0 Å². The van der Waals surface area contributed by atoms with Crippen LogP contribution in [0.4, 0.5) is 0 Å². The van der Waals surface area contributed by atoms with E-state index in [9.17, 15) is 127 Å². The molecule has 25 N–H and O–H groups in total. The molecule has 93 heavy (non-hydrogen) atoms. The van der Waals surface area contributed by atoms with Gasteiger partial charge in [-0.05, 0) is 0 Å². The van der Waals surface area contributed by atoms with E-state index in [0.717, 1.165) is 13.8 Å². The summed E-state index contributed by atoms with van der Waals surface area (Å²) < 4.78 is 87.5. The van der Waals surface area contributed by atoms with Gasteiger partial charge in [-0.25, -0.2) is 0 Å². The summed E-state index contributed by atoms with van der Waals surface area (Å²) >= 11 is 0. The number of aliphatic hydroxyl groups is 23. The molecule has 0 aliphatic carbocycles. The molecule has 0 aromatic heterocycles. The average molecular weight is 1370 g/mol. The number of carbonyl (C=O) groups excluding carboxylic acids is 2. The molecule has 8 aliphatic heterocycles. The normalized spacial score (nSPS) is 50.8. The highest BCUT2D eigenvalue weighted by Crippen LogP contribution is 2.39. The van der Waals surface area contributed by atoms with Crippen molar-refractivity contribution < 1.29 is 198 Å².